The van der Waals surface area contributed by atoms with E-state index < -0.39 is 12.0 Å². The Morgan fingerprint density at radius 2 is 1.94 bits per heavy atom. The summed E-state index contributed by atoms with van der Waals surface area (Å²) < 4.78 is 0. The number of aliphatic carboxylic acids is 1. The van der Waals surface area contributed by atoms with Crippen LogP contribution in [0.2, 0.25) is 0 Å². The lowest BCUT2D eigenvalue weighted by Gasteiger charge is -2.31. The van der Waals surface area contributed by atoms with Crippen LogP contribution in [0.3, 0.4) is 0 Å². The fourth-order valence-electron chi connectivity index (χ4n) is 1.91. The molecule has 0 aliphatic rings. The van der Waals surface area contributed by atoms with Gasteiger partial charge in [-0.05, 0) is 26.8 Å². The summed E-state index contributed by atoms with van der Waals surface area (Å²) in [6, 6.07) is 2.25. The van der Waals surface area contributed by atoms with Crippen molar-refractivity contribution in [2.24, 2.45) is 0 Å². The fourth-order valence-corrected chi connectivity index (χ4v) is 1.91. The summed E-state index contributed by atoms with van der Waals surface area (Å²) in [5, 5.41) is 9.34. The first-order chi connectivity index (χ1) is 8.34. The molecule has 1 unspecified atom stereocenters. The number of carbonyl (C=O) groups is 2. The average molecular weight is 250 g/mol. The number of aryl methyl sites for hydroxylation is 1. The number of nitrogens with zero attached hydrogens (tertiary/aromatic N) is 2. The molecule has 5 nitrogen and oxygen atoms in total. The predicted octanol–water partition coefficient (Wildman–Crippen LogP) is 1.77. The number of hydrogen-bond donors (Lipinski definition) is 1. The SMILES string of the molecule is CC(=O)N(C(C)C)C(C(=O)O)c1ccc(C)nc1. The number of carboxylic acid groups (broad SMARTS) is 1. The van der Waals surface area contributed by atoms with E-state index in [1.807, 2.05) is 6.92 Å². The smallest absolute Gasteiger partial charge is 0.331 e. The minimum absolute atomic E-state index is 0.190. The lowest BCUT2D eigenvalue weighted by atomic mass is 10.1. The number of aromatic nitrogens is 1. The predicted molar refractivity (Wildman–Crippen MR) is 67.0 cm³/mol. The van der Waals surface area contributed by atoms with Gasteiger partial charge < -0.3 is 10.0 Å². The summed E-state index contributed by atoms with van der Waals surface area (Å²) in [5.41, 5.74) is 1.32. The van der Waals surface area contributed by atoms with E-state index in [-0.39, 0.29) is 11.9 Å². The number of hydrogen-bond acceptors (Lipinski definition) is 3. The molecule has 1 amide bonds. The second-order valence-corrected chi connectivity index (χ2v) is 4.49. The lowest BCUT2D eigenvalue weighted by Crippen LogP contribution is -2.42. The maximum atomic E-state index is 11.6. The molecule has 1 rings (SSSR count). The summed E-state index contributed by atoms with van der Waals surface area (Å²) in [6.07, 6.45) is 1.51. The summed E-state index contributed by atoms with van der Waals surface area (Å²) >= 11 is 0. The van der Waals surface area contributed by atoms with Crippen LogP contribution in [0.1, 0.15) is 38.1 Å². The summed E-state index contributed by atoms with van der Waals surface area (Å²) in [7, 11) is 0. The Morgan fingerprint density at radius 1 is 1.33 bits per heavy atom. The van der Waals surface area contributed by atoms with Gasteiger partial charge in [0.15, 0.2) is 6.04 Å². The zero-order valence-corrected chi connectivity index (χ0v) is 11.0. The highest BCUT2D eigenvalue weighted by Gasteiger charge is 2.31. The van der Waals surface area contributed by atoms with Crippen molar-refractivity contribution < 1.29 is 14.7 Å². The molecule has 98 valence electrons. The van der Waals surface area contributed by atoms with Crippen LogP contribution in [0.5, 0.6) is 0 Å². The highest BCUT2D eigenvalue weighted by atomic mass is 16.4. The van der Waals surface area contributed by atoms with Crippen LogP contribution in [0, 0.1) is 6.92 Å². The molecule has 0 saturated carbocycles. The van der Waals surface area contributed by atoms with Crippen molar-refractivity contribution >= 4 is 11.9 Å². The van der Waals surface area contributed by atoms with Gasteiger partial charge in [0, 0.05) is 30.4 Å². The monoisotopic (exact) mass is 250 g/mol. The topological polar surface area (TPSA) is 70.5 Å². The Bertz CT molecular complexity index is 440. The molecule has 5 heteroatoms. The zero-order chi connectivity index (χ0) is 13.9. The van der Waals surface area contributed by atoms with Gasteiger partial charge in [-0.1, -0.05) is 6.07 Å². The van der Waals surface area contributed by atoms with E-state index in [0.29, 0.717) is 5.56 Å². The molecule has 0 spiro atoms. The molecule has 1 aromatic heterocycles. The van der Waals surface area contributed by atoms with E-state index in [1.54, 1.807) is 26.0 Å². The first kappa shape index (κ1) is 14.2. The number of amides is 1. The largest absolute Gasteiger partial charge is 0.479 e. The van der Waals surface area contributed by atoms with Crippen LogP contribution < -0.4 is 0 Å². The molecule has 0 fully saturated rings. The Labute approximate surface area is 106 Å². The van der Waals surface area contributed by atoms with Gasteiger partial charge in [-0.2, -0.15) is 0 Å². The molecule has 0 radical (unpaired) electrons. The van der Waals surface area contributed by atoms with E-state index in [1.165, 1.54) is 18.0 Å². The molecule has 1 heterocycles. The van der Waals surface area contributed by atoms with Crippen LogP contribution in [0.15, 0.2) is 18.3 Å². The molecule has 1 N–H and O–H groups in total. The first-order valence-electron chi connectivity index (χ1n) is 5.79. The van der Waals surface area contributed by atoms with Gasteiger partial charge in [0.25, 0.3) is 0 Å². The molecule has 0 aromatic carbocycles. The molecular weight excluding hydrogens is 232 g/mol. The molecule has 18 heavy (non-hydrogen) atoms. The molecule has 1 aromatic rings. The highest BCUT2D eigenvalue weighted by molar-refractivity contribution is 5.83. The summed E-state index contributed by atoms with van der Waals surface area (Å²) in [6.45, 7) is 6.78. The van der Waals surface area contributed by atoms with Gasteiger partial charge in [0.2, 0.25) is 5.91 Å². The van der Waals surface area contributed by atoms with Gasteiger partial charge in [-0.15, -0.1) is 0 Å². The molecule has 1 atom stereocenters. The van der Waals surface area contributed by atoms with Crippen molar-refractivity contribution in [2.75, 3.05) is 0 Å². The fraction of sp³-hybridized carbons (Fsp3) is 0.462. The molecule has 0 aliphatic heterocycles. The van der Waals surface area contributed by atoms with Gasteiger partial charge >= 0.3 is 5.97 Å². The Kier molecular flexibility index (Phi) is 4.42. The lowest BCUT2D eigenvalue weighted by molar-refractivity contribution is -0.151. The maximum Gasteiger partial charge on any atom is 0.331 e. The number of rotatable bonds is 4. The molecule has 0 aliphatic carbocycles. The summed E-state index contributed by atoms with van der Waals surface area (Å²) in [4.78, 5) is 28.5. The molecule has 0 saturated heterocycles. The Hall–Kier alpha value is -1.91. The number of carbonyl (C=O) groups excluding carboxylic acids is 1. The van der Waals surface area contributed by atoms with E-state index in [0.717, 1.165) is 5.69 Å². The van der Waals surface area contributed by atoms with Gasteiger partial charge in [-0.25, -0.2) is 4.79 Å². The van der Waals surface area contributed by atoms with Crippen molar-refractivity contribution in [2.45, 2.75) is 39.8 Å². The minimum atomic E-state index is -1.05. The third-order valence-electron chi connectivity index (χ3n) is 2.68. The number of pyridine rings is 1. The molecule has 0 bridgehead atoms. The normalized spacial score (nSPS) is 12.3. The van der Waals surface area contributed by atoms with Crippen LogP contribution >= 0.6 is 0 Å². The standard InChI is InChI=1S/C13H18N2O3/c1-8(2)15(10(4)16)12(13(17)18)11-6-5-9(3)14-7-11/h5-8,12H,1-4H3,(H,17,18). The van der Waals surface area contributed by atoms with E-state index >= 15 is 0 Å². The van der Waals surface area contributed by atoms with Crippen molar-refractivity contribution in [1.82, 2.24) is 9.88 Å². The average Bonchev–Trinajstić information content (AvgIpc) is 2.25. The third kappa shape index (κ3) is 3.06. The highest BCUT2D eigenvalue weighted by Crippen LogP contribution is 2.23. The van der Waals surface area contributed by atoms with E-state index in [4.69, 9.17) is 0 Å². The Morgan fingerprint density at radius 3 is 2.28 bits per heavy atom. The van der Waals surface area contributed by atoms with Crippen molar-refractivity contribution in [1.29, 1.82) is 0 Å². The zero-order valence-electron chi connectivity index (χ0n) is 11.0. The van der Waals surface area contributed by atoms with Crippen molar-refractivity contribution in [3.8, 4) is 0 Å². The van der Waals surface area contributed by atoms with Crippen LogP contribution in [-0.2, 0) is 9.59 Å². The van der Waals surface area contributed by atoms with Gasteiger partial charge in [-0.3, -0.25) is 9.78 Å². The van der Waals surface area contributed by atoms with Crippen molar-refractivity contribution in [3.05, 3.63) is 29.6 Å². The second kappa shape index (κ2) is 5.62. The van der Waals surface area contributed by atoms with E-state index in [9.17, 15) is 14.7 Å². The summed E-state index contributed by atoms with van der Waals surface area (Å²) in [5.74, 6) is -1.32. The van der Waals surface area contributed by atoms with Crippen LogP contribution in [0.25, 0.3) is 0 Å². The van der Waals surface area contributed by atoms with E-state index in [2.05, 4.69) is 4.98 Å². The number of carboxylic acids is 1. The van der Waals surface area contributed by atoms with Gasteiger partial charge in [0.1, 0.15) is 0 Å². The molecular formula is C13H18N2O3. The second-order valence-electron chi connectivity index (χ2n) is 4.49. The van der Waals surface area contributed by atoms with Crippen LogP contribution in [0.4, 0.5) is 0 Å². The first-order valence-corrected chi connectivity index (χ1v) is 5.79. The quantitative estimate of drug-likeness (QED) is 0.884. The third-order valence-corrected chi connectivity index (χ3v) is 2.68. The maximum absolute atomic E-state index is 11.6. The van der Waals surface area contributed by atoms with Crippen molar-refractivity contribution in [3.63, 3.8) is 0 Å². The Balaban J connectivity index is 3.20. The minimum Gasteiger partial charge on any atom is -0.479 e. The van der Waals surface area contributed by atoms with Gasteiger partial charge in [0.05, 0.1) is 0 Å². The van der Waals surface area contributed by atoms with Crippen LogP contribution in [-0.4, -0.2) is 32.9 Å².